The quantitative estimate of drug-likeness (QED) is 0.723. The van der Waals surface area contributed by atoms with Crippen LogP contribution in [0.1, 0.15) is 24.5 Å². The number of fused-ring (bicyclic) bond motifs is 1. The first-order valence-electron chi connectivity index (χ1n) is 8.72. The van der Waals surface area contributed by atoms with Crippen LogP contribution in [0.25, 0.3) is 10.9 Å². The number of H-pyrrole nitrogens is 1. The van der Waals surface area contributed by atoms with Crippen molar-refractivity contribution < 1.29 is 13.9 Å². The van der Waals surface area contributed by atoms with Gasteiger partial charge in [0, 0.05) is 24.6 Å². The van der Waals surface area contributed by atoms with Crippen molar-refractivity contribution in [1.82, 2.24) is 9.88 Å². The molecule has 0 radical (unpaired) electrons. The van der Waals surface area contributed by atoms with Gasteiger partial charge in [0.2, 0.25) is 5.91 Å². The van der Waals surface area contributed by atoms with E-state index in [4.69, 9.17) is 4.74 Å². The molecule has 1 amide bonds. The summed E-state index contributed by atoms with van der Waals surface area (Å²) in [6.45, 7) is 2.27. The second-order valence-corrected chi connectivity index (χ2v) is 6.31. The molecule has 27 heavy (non-hydrogen) atoms. The normalized spacial score (nSPS) is 10.8. The number of benzene rings is 2. The molecule has 6 heteroatoms. The van der Waals surface area contributed by atoms with Crippen LogP contribution >= 0.6 is 0 Å². The Hall–Kier alpha value is -3.15. The molecule has 0 fully saturated rings. The second-order valence-electron chi connectivity index (χ2n) is 6.31. The molecule has 0 saturated carbocycles. The maximum Gasteiger partial charge on any atom is 0.253 e. The molecule has 0 aliphatic heterocycles. The number of rotatable bonds is 6. The Bertz CT molecular complexity index is 1010. The molecule has 2 aromatic carbocycles. The fourth-order valence-electron chi connectivity index (χ4n) is 2.94. The van der Waals surface area contributed by atoms with Crippen LogP contribution in [0.2, 0.25) is 0 Å². The van der Waals surface area contributed by atoms with Crippen molar-refractivity contribution in [3.63, 3.8) is 0 Å². The second kappa shape index (κ2) is 8.03. The SMILES string of the molecule is CCC(=O)N(Cc1ccc(F)cc1)Cc1cc2ccc(OC)cc2[nH]c1=O. The van der Waals surface area contributed by atoms with Crippen LogP contribution in [0.15, 0.2) is 53.3 Å². The number of aromatic nitrogens is 1. The van der Waals surface area contributed by atoms with Gasteiger partial charge < -0.3 is 14.6 Å². The summed E-state index contributed by atoms with van der Waals surface area (Å²) in [5.41, 5.74) is 1.73. The number of aromatic amines is 1. The maximum absolute atomic E-state index is 13.1. The summed E-state index contributed by atoms with van der Waals surface area (Å²) >= 11 is 0. The Balaban J connectivity index is 1.90. The number of amides is 1. The lowest BCUT2D eigenvalue weighted by atomic mass is 10.1. The summed E-state index contributed by atoms with van der Waals surface area (Å²) in [4.78, 5) is 29.3. The number of methoxy groups -OCH3 is 1. The number of carbonyl (C=O) groups excluding carboxylic acids is 1. The van der Waals surface area contributed by atoms with Gasteiger partial charge >= 0.3 is 0 Å². The van der Waals surface area contributed by atoms with Crippen molar-refractivity contribution in [2.24, 2.45) is 0 Å². The van der Waals surface area contributed by atoms with Crippen molar-refractivity contribution in [2.75, 3.05) is 7.11 Å². The highest BCUT2D eigenvalue weighted by molar-refractivity contribution is 5.81. The molecule has 5 nitrogen and oxygen atoms in total. The smallest absolute Gasteiger partial charge is 0.253 e. The Morgan fingerprint density at radius 2 is 1.85 bits per heavy atom. The molecule has 0 unspecified atom stereocenters. The van der Waals surface area contributed by atoms with Gasteiger partial charge in [-0.15, -0.1) is 0 Å². The van der Waals surface area contributed by atoms with Crippen molar-refractivity contribution in [3.8, 4) is 5.75 Å². The van der Waals surface area contributed by atoms with E-state index in [9.17, 15) is 14.0 Å². The first-order valence-corrected chi connectivity index (χ1v) is 8.72. The highest BCUT2D eigenvalue weighted by Crippen LogP contribution is 2.19. The number of hydrogen-bond acceptors (Lipinski definition) is 3. The van der Waals surface area contributed by atoms with E-state index in [1.54, 1.807) is 43.2 Å². The Labute approximate surface area is 156 Å². The average molecular weight is 368 g/mol. The first-order chi connectivity index (χ1) is 13.0. The third-order valence-electron chi connectivity index (χ3n) is 4.43. The summed E-state index contributed by atoms with van der Waals surface area (Å²) in [7, 11) is 1.57. The number of hydrogen-bond donors (Lipinski definition) is 1. The van der Waals surface area contributed by atoms with Crippen molar-refractivity contribution in [1.29, 1.82) is 0 Å². The van der Waals surface area contributed by atoms with Gasteiger partial charge in [-0.2, -0.15) is 0 Å². The van der Waals surface area contributed by atoms with Crippen LogP contribution in [-0.2, 0) is 17.9 Å². The molecule has 0 bridgehead atoms. The van der Waals surface area contributed by atoms with Gasteiger partial charge in [-0.05, 0) is 41.3 Å². The van der Waals surface area contributed by atoms with E-state index in [1.807, 2.05) is 12.1 Å². The van der Waals surface area contributed by atoms with Gasteiger partial charge in [-0.3, -0.25) is 9.59 Å². The lowest BCUT2D eigenvalue weighted by molar-refractivity contribution is -0.132. The van der Waals surface area contributed by atoms with Gasteiger partial charge in [0.15, 0.2) is 0 Å². The Kier molecular flexibility index (Phi) is 5.54. The molecular weight excluding hydrogens is 347 g/mol. The van der Waals surface area contributed by atoms with Crippen LogP contribution in [-0.4, -0.2) is 22.9 Å². The number of carbonyl (C=O) groups is 1. The predicted molar refractivity (Wildman–Crippen MR) is 102 cm³/mol. The minimum atomic E-state index is -0.325. The predicted octanol–water partition coefficient (Wildman–Crippen LogP) is 3.61. The van der Waals surface area contributed by atoms with E-state index >= 15 is 0 Å². The van der Waals surface area contributed by atoms with E-state index < -0.39 is 0 Å². The van der Waals surface area contributed by atoms with Crippen LogP contribution < -0.4 is 10.3 Å². The van der Waals surface area contributed by atoms with Crippen molar-refractivity contribution in [3.05, 3.63) is 75.8 Å². The van der Waals surface area contributed by atoms with Crippen LogP contribution in [0.5, 0.6) is 5.75 Å². The number of pyridine rings is 1. The van der Waals surface area contributed by atoms with Gasteiger partial charge in [-0.25, -0.2) is 4.39 Å². The fraction of sp³-hybridized carbons (Fsp3) is 0.238. The molecule has 140 valence electrons. The summed E-state index contributed by atoms with van der Waals surface area (Å²) in [5, 5.41) is 0.857. The van der Waals surface area contributed by atoms with Crippen molar-refractivity contribution in [2.45, 2.75) is 26.4 Å². The summed E-state index contributed by atoms with van der Waals surface area (Å²) in [6.07, 6.45) is 0.323. The highest BCUT2D eigenvalue weighted by atomic mass is 19.1. The average Bonchev–Trinajstić information content (AvgIpc) is 2.68. The number of ether oxygens (including phenoxy) is 1. The molecule has 0 atom stereocenters. The molecule has 3 rings (SSSR count). The zero-order valence-corrected chi connectivity index (χ0v) is 15.3. The topological polar surface area (TPSA) is 62.4 Å². The zero-order chi connectivity index (χ0) is 19.4. The molecule has 1 N–H and O–H groups in total. The fourth-order valence-corrected chi connectivity index (χ4v) is 2.94. The van der Waals surface area contributed by atoms with E-state index in [0.29, 0.717) is 29.8 Å². The number of nitrogens with zero attached hydrogens (tertiary/aromatic N) is 1. The van der Waals surface area contributed by atoms with Crippen LogP contribution in [0.3, 0.4) is 0 Å². The molecule has 3 aromatic rings. The minimum absolute atomic E-state index is 0.0754. The zero-order valence-electron chi connectivity index (χ0n) is 15.3. The maximum atomic E-state index is 13.1. The Morgan fingerprint density at radius 3 is 2.52 bits per heavy atom. The first kappa shape index (κ1) is 18.6. The lowest BCUT2D eigenvalue weighted by Crippen LogP contribution is -2.31. The summed E-state index contributed by atoms with van der Waals surface area (Å²) in [6, 6.07) is 13.2. The largest absolute Gasteiger partial charge is 0.497 e. The number of halogens is 1. The molecule has 0 aliphatic carbocycles. The molecule has 0 spiro atoms. The monoisotopic (exact) mass is 368 g/mol. The minimum Gasteiger partial charge on any atom is -0.497 e. The molecule has 0 aliphatic rings. The third-order valence-corrected chi connectivity index (χ3v) is 4.43. The van der Waals surface area contributed by atoms with E-state index in [-0.39, 0.29) is 23.8 Å². The van der Waals surface area contributed by atoms with Crippen LogP contribution in [0, 0.1) is 5.82 Å². The molecule has 1 heterocycles. The van der Waals surface area contributed by atoms with Gasteiger partial charge in [0.25, 0.3) is 5.56 Å². The molecule has 0 saturated heterocycles. The summed E-state index contributed by atoms with van der Waals surface area (Å²) < 4.78 is 18.3. The molecule has 1 aromatic heterocycles. The van der Waals surface area contributed by atoms with E-state index in [1.165, 1.54) is 12.1 Å². The highest BCUT2D eigenvalue weighted by Gasteiger charge is 2.15. The van der Waals surface area contributed by atoms with E-state index in [2.05, 4.69) is 4.98 Å². The van der Waals surface area contributed by atoms with Gasteiger partial charge in [-0.1, -0.05) is 19.1 Å². The number of nitrogens with one attached hydrogen (secondary N) is 1. The Morgan fingerprint density at radius 1 is 1.11 bits per heavy atom. The van der Waals surface area contributed by atoms with E-state index in [0.717, 1.165) is 10.9 Å². The summed E-state index contributed by atoms with van der Waals surface area (Å²) in [5.74, 6) is 0.257. The van der Waals surface area contributed by atoms with Gasteiger partial charge in [0.05, 0.1) is 19.2 Å². The van der Waals surface area contributed by atoms with Crippen molar-refractivity contribution >= 4 is 16.8 Å². The van der Waals surface area contributed by atoms with Crippen LogP contribution in [0.4, 0.5) is 4.39 Å². The molecular formula is C21H21FN2O3. The standard InChI is InChI=1S/C21H21FN2O3/c1-3-20(25)24(12-14-4-7-17(22)8-5-14)13-16-10-15-6-9-18(27-2)11-19(15)23-21(16)26/h4-11H,3,12-13H2,1-2H3,(H,23,26). The third kappa shape index (κ3) is 4.34. The van der Waals surface area contributed by atoms with Gasteiger partial charge in [0.1, 0.15) is 11.6 Å². The lowest BCUT2D eigenvalue weighted by Gasteiger charge is -2.22.